The molecule has 0 saturated carbocycles. The summed E-state index contributed by atoms with van der Waals surface area (Å²) in [6, 6.07) is 5.41. The van der Waals surface area contributed by atoms with E-state index >= 15 is 0 Å². The molecule has 32 heavy (non-hydrogen) atoms. The number of aryl methyl sites for hydroxylation is 1. The smallest absolute Gasteiger partial charge is 0.271 e. The number of fused-ring (bicyclic) bond motifs is 2. The van der Waals surface area contributed by atoms with E-state index in [1.54, 1.807) is 13.1 Å². The van der Waals surface area contributed by atoms with Crippen molar-refractivity contribution < 1.29 is 17.9 Å². The lowest BCUT2D eigenvalue weighted by Crippen LogP contribution is -2.59. The molecule has 0 aliphatic carbocycles. The molecule has 1 aromatic heterocycles. The summed E-state index contributed by atoms with van der Waals surface area (Å²) in [5.41, 5.74) is 2.14. The molecule has 3 fully saturated rings. The van der Waals surface area contributed by atoms with Crippen LogP contribution in [-0.4, -0.2) is 55.3 Å². The number of morpholine rings is 1. The van der Waals surface area contributed by atoms with E-state index in [4.69, 9.17) is 16.3 Å². The van der Waals surface area contributed by atoms with Crippen LogP contribution in [0, 0.1) is 6.92 Å². The maximum atomic E-state index is 12.4. The Labute approximate surface area is 192 Å². The number of benzene rings is 1. The Morgan fingerprint density at radius 3 is 2.75 bits per heavy atom. The van der Waals surface area contributed by atoms with E-state index in [0.717, 1.165) is 34.2 Å². The minimum Gasteiger partial charge on any atom is -0.370 e. The zero-order valence-corrected chi connectivity index (χ0v) is 19.6. The van der Waals surface area contributed by atoms with Gasteiger partial charge in [-0.2, -0.15) is 0 Å². The number of hydrogen-bond acceptors (Lipinski definition) is 7. The molecule has 0 radical (unpaired) electrons. The van der Waals surface area contributed by atoms with Crippen molar-refractivity contribution in [3.05, 3.63) is 63.9 Å². The number of halogens is 1. The molecular formula is C22H25ClN4O4S. The number of nitrogens with zero attached hydrogens (tertiary/aromatic N) is 3. The predicted molar refractivity (Wildman–Crippen MR) is 122 cm³/mol. The van der Waals surface area contributed by atoms with Crippen LogP contribution in [0.4, 0.5) is 5.82 Å². The third-order valence-corrected chi connectivity index (χ3v) is 6.80. The first kappa shape index (κ1) is 22.7. The fourth-order valence-corrected chi connectivity index (χ4v) is 4.79. The van der Waals surface area contributed by atoms with Crippen LogP contribution in [0.25, 0.3) is 0 Å². The molecule has 4 atom stereocenters. The van der Waals surface area contributed by atoms with Crippen LogP contribution in [0.3, 0.4) is 0 Å². The largest absolute Gasteiger partial charge is 0.370 e. The van der Waals surface area contributed by atoms with E-state index in [-0.39, 0.29) is 23.9 Å². The van der Waals surface area contributed by atoms with Crippen LogP contribution in [0.15, 0.2) is 42.1 Å². The molecule has 2 bridgehead atoms. The van der Waals surface area contributed by atoms with E-state index in [1.807, 2.05) is 25.1 Å². The summed E-state index contributed by atoms with van der Waals surface area (Å²) in [5.74, 6) is 0.213. The number of sulfone groups is 1. The lowest BCUT2D eigenvalue weighted by atomic mass is 9.86. The lowest BCUT2D eigenvalue weighted by molar-refractivity contribution is -0.155. The summed E-state index contributed by atoms with van der Waals surface area (Å²) >= 11 is 6.62. The molecule has 8 nitrogen and oxygen atoms in total. The number of anilines is 1. The van der Waals surface area contributed by atoms with Crippen LogP contribution in [0.1, 0.15) is 41.0 Å². The second-order valence-electron chi connectivity index (χ2n) is 8.29. The highest BCUT2D eigenvalue weighted by Gasteiger charge is 2.47. The summed E-state index contributed by atoms with van der Waals surface area (Å²) in [6.45, 7) is 4.32. The van der Waals surface area contributed by atoms with Gasteiger partial charge in [0, 0.05) is 35.7 Å². The van der Waals surface area contributed by atoms with Gasteiger partial charge in [-0.05, 0) is 25.0 Å². The van der Waals surface area contributed by atoms with Crippen molar-refractivity contribution in [1.82, 2.24) is 15.3 Å². The highest BCUT2D eigenvalue weighted by Crippen LogP contribution is 2.45. The van der Waals surface area contributed by atoms with Gasteiger partial charge in [-0.15, -0.1) is 0 Å². The molecule has 5 rings (SSSR count). The first-order valence-electron chi connectivity index (χ1n) is 10.3. The predicted octanol–water partition coefficient (Wildman–Crippen LogP) is 2.83. The average Bonchev–Trinajstić information content (AvgIpc) is 2.73. The minimum absolute atomic E-state index is 0.0281. The molecule has 2 aromatic rings. The van der Waals surface area contributed by atoms with E-state index in [0.29, 0.717) is 12.4 Å². The van der Waals surface area contributed by atoms with Gasteiger partial charge >= 0.3 is 0 Å². The normalized spacial score (nSPS) is 23.6. The van der Waals surface area contributed by atoms with Gasteiger partial charge in [0.05, 0.1) is 30.6 Å². The molecule has 0 unspecified atom stereocenters. The van der Waals surface area contributed by atoms with Gasteiger partial charge in [-0.25, -0.2) is 18.4 Å². The van der Waals surface area contributed by atoms with Gasteiger partial charge in [-0.1, -0.05) is 35.9 Å². The summed E-state index contributed by atoms with van der Waals surface area (Å²) in [5, 5.41) is 4.47. The SMILES string of the molecule is Cc1cccc([C@@H]2[C@H]3C[C@@H](CN2c2cnc(C(=O)N[C@H](C)/C=C/S(C)(=O)=O)cn2)O3)c1Cl. The zero-order chi connectivity index (χ0) is 23.0. The fourth-order valence-electron chi connectivity index (χ4n) is 4.03. The molecular weight excluding hydrogens is 452 g/mol. The third kappa shape index (κ3) is 4.79. The quantitative estimate of drug-likeness (QED) is 0.683. The first-order valence-corrected chi connectivity index (χ1v) is 12.6. The summed E-state index contributed by atoms with van der Waals surface area (Å²) < 4.78 is 28.4. The van der Waals surface area contributed by atoms with Crippen molar-refractivity contribution in [1.29, 1.82) is 0 Å². The molecule has 3 saturated heterocycles. The number of amides is 1. The maximum absolute atomic E-state index is 12.4. The van der Waals surface area contributed by atoms with Crippen molar-refractivity contribution in [2.45, 2.75) is 44.6 Å². The van der Waals surface area contributed by atoms with Gasteiger partial charge in [-0.3, -0.25) is 4.79 Å². The molecule has 3 aliphatic heterocycles. The van der Waals surface area contributed by atoms with E-state index in [2.05, 4.69) is 20.2 Å². The third-order valence-electron chi connectivity index (χ3n) is 5.63. The van der Waals surface area contributed by atoms with Crippen LogP contribution >= 0.6 is 11.6 Å². The minimum atomic E-state index is -3.26. The van der Waals surface area contributed by atoms with Crippen molar-refractivity contribution in [2.75, 3.05) is 17.7 Å². The van der Waals surface area contributed by atoms with Crippen LogP contribution in [0.5, 0.6) is 0 Å². The molecule has 1 amide bonds. The van der Waals surface area contributed by atoms with Crippen molar-refractivity contribution in [3.63, 3.8) is 0 Å². The van der Waals surface area contributed by atoms with Gasteiger partial charge < -0.3 is 15.0 Å². The molecule has 0 spiro atoms. The van der Waals surface area contributed by atoms with Gasteiger partial charge in [0.2, 0.25) is 0 Å². The van der Waals surface area contributed by atoms with Crippen LogP contribution in [-0.2, 0) is 14.6 Å². The molecule has 1 aromatic carbocycles. The molecule has 10 heteroatoms. The molecule has 1 N–H and O–H groups in total. The summed E-state index contributed by atoms with van der Waals surface area (Å²) in [4.78, 5) is 23.4. The first-order chi connectivity index (χ1) is 15.1. The standard InChI is InChI=1S/C22H25ClN4O4S/c1-13-5-4-6-16(20(13)23)21-18-9-15(31-18)12-27(21)19-11-24-17(10-25-19)22(28)26-14(2)7-8-32(3,29)30/h4-8,10-11,14-15,18,21H,9,12H2,1-3H3,(H,26,28)/b8-7+/t14-,15+,18-,21-/m1/s1. The number of ether oxygens (including phenoxy) is 1. The Hall–Kier alpha value is -2.49. The maximum Gasteiger partial charge on any atom is 0.271 e. The Kier molecular flexibility index (Phi) is 6.24. The van der Waals surface area contributed by atoms with E-state index in [9.17, 15) is 13.2 Å². The topological polar surface area (TPSA) is 101 Å². The van der Waals surface area contributed by atoms with Gasteiger partial charge in [0.15, 0.2) is 9.84 Å². The Morgan fingerprint density at radius 1 is 1.34 bits per heavy atom. The number of hydrogen-bond donors (Lipinski definition) is 1. The lowest BCUT2D eigenvalue weighted by Gasteiger charge is -2.53. The van der Waals surface area contributed by atoms with Gasteiger partial charge in [0.25, 0.3) is 5.91 Å². The van der Waals surface area contributed by atoms with E-state index < -0.39 is 21.8 Å². The number of piperidine rings is 1. The monoisotopic (exact) mass is 476 g/mol. The molecule has 3 aliphatic rings. The van der Waals surface area contributed by atoms with Crippen molar-refractivity contribution >= 4 is 33.2 Å². The summed E-state index contributed by atoms with van der Waals surface area (Å²) in [7, 11) is -3.26. The molecule has 4 heterocycles. The average molecular weight is 477 g/mol. The van der Waals surface area contributed by atoms with Crippen LogP contribution < -0.4 is 10.2 Å². The van der Waals surface area contributed by atoms with Gasteiger partial charge in [0.1, 0.15) is 11.5 Å². The Bertz CT molecular complexity index is 1150. The second kappa shape index (κ2) is 8.80. The number of aromatic nitrogens is 2. The number of nitrogens with one attached hydrogen (secondary N) is 1. The highest BCUT2D eigenvalue weighted by molar-refractivity contribution is 7.93. The fraction of sp³-hybridized carbons (Fsp3) is 0.409. The second-order valence-corrected chi connectivity index (χ2v) is 10.6. The highest BCUT2D eigenvalue weighted by atomic mass is 35.5. The summed E-state index contributed by atoms with van der Waals surface area (Å²) in [6.07, 6.45) is 6.65. The van der Waals surface area contributed by atoms with E-state index in [1.165, 1.54) is 12.3 Å². The van der Waals surface area contributed by atoms with Crippen molar-refractivity contribution in [2.24, 2.45) is 0 Å². The zero-order valence-electron chi connectivity index (χ0n) is 18.0. The van der Waals surface area contributed by atoms with Crippen molar-refractivity contribution in [3.8, 4) is 0 Å². The number of rotatable bonds is 6. The number of carbonyl (C=O) groups is 1. The Morgan fingerprint density at radius 2 is 2.09 bits per heavy atom. The van der Waals surface area contributed by atoms with Crippen LogP contribution in [0.2, 0.25) is 5.02 Å². The Balaban J connectivity index is 1.52. The number of carbonyl (C=O) groups excluding carboxylic acids is 1. The molecule has 170 valence electrons.